The van der Waals surface area contributed by atoms with Crippen molar-refractivity contribution in [3.63, 3.8) is 0 Å². The maximum Gasteiger partial charge on any atom is 0.523 e. The van der Waals surface area contributed by atoms with E-state index in [4.69, 9.17) is 0 Å². The second-order valence-corrected chi connectivity index (χ2v) is 7.28. The first-order valence-electron chi connectivity index (χ1n) is 9.21. The minimum absolute atomic E-state index is 0.138. The summed E-state index contributed by atoms with van der Waals surface area (Å²) in [6, 6.07) is 7.76. The lowest BCUT2D eigenvalue weighted by molar-refractivity contribution is -0.360. The average Bonchev–Trinajstić information content (AvgIpc) is 2.95. The number of halogens is 3. The van der Waals surface area contributed by atoms with Gasteiger partial charge in [-0.05, 0) is 18.1 Å². The van der Waals surface area contributed by atoms with Gasteiger partial charge in [0, 0.05) is 13.5 Å². The van der Waals surface area contributed by atoms with Crippen LogP contribution in [0.1, 0.15) is 18.9 Å². The third kappa shape index (κ3) is 4.40. The van der Waals surface area contributed by atoms with Gasteiger partial charge >= 0.3 is 6.36 Å². The summed E-state index contributed by atoms with van der Waals surface area (Å²) >= 11 is 0. The molecule has 160 valence electrons. The Labute approximate surface area is 171 Å². The molecule has 0 bridgehead atoms. The zero-order chi connectivity index (χ0) is 22.1. The highest BCUT2D eigenvalue weighted by atomic mass is 19.4. The van der Waals surface area contributed by atoms with Gasteiger partial charge in [-0.25, -0.2) is 0 Å². The molecule has 1 aromatic rings. The number of likely N-dealkylation sites (N-methyl/N-ethyl adjacent to an activating group) is 1. The van der Waals surface area contributed by atoms with Crippen molar-refractivity contribution in [2.45, 2.75) is 31.3 Å². The maximum atomic E-state index is 13.3. The van der Waals surface area contributed by atoms with Crippen LogP contribution in [0, 0.1) is 0 Å². The van der Waals surface area contributed by atoms with Crippen LogP contribution < -0.4 is 5.32 Å². The van der Waals surface area contributed by atoms with Crippen LogP contribution >= 0.6 is 0 Å². The quantitative estimate of drug-likeness (QED) is 0.765. The minimum atomic E-state index is -4.95. The number of aliphatic hydroxyl groups excluding tert-OH is 1. The van der Waals surface area contributed by atoms with E-state index in [0.29, 0.717) is 5.57 Å². The molecule has 1 aliphatic carbocycles. The van der Waals surface area contributed by atoms with Crippen molar-refractivity contribution < 1.29 is 32.6 Å². The molecule has 0 fully saturated rings. The highest BCUT2D eigenvalue weighted by molar-refractivity contribution is 6.06. The molecule has 1 heterocycles. The summed E-state index contributed by atoms with van der Waals surface area (Å²) in [6.07, 6.45) is -0.672. The number of hydrogen-bond acceptors (Lipinski definition) is 4. The molecule has 0 saturated carbocycles. The van der Waals surface area contributed by atoms with E-state index in [1.165, 1.54) is 26.1 Å². The molecule has 9 heteroatoms. The Morgan fingerprint density at radius 3 is 2.53 bits per heavy atom. The van der Waals surface area contributed by atoms with E-state index in [1.54, 1.807) is 36.4 Å². The number of nitrogens with zero attached hydrogens (tertiary/aromatic N) is 1. The molecule has 1 unspecified atom stereocenters. The Morgan fingerprint density at radius 1 is 1.30 bits per heavy atom. The second kappa shape index (κ2) is 7.98. The Kier molecular flexibility index (Phi) is 5.76. The summed E-state index contributed by atoms with van der Waals surface area (Å²) in [5, 5.41) is 12.3. The molecular formula is C21H21F3N2O4. The van der Waals surface area contributed by atoms with Gasteiger partial charge in [0.15, 0.2) is 5.76 Å². The van der Waals surface area contributed by atoms with Gasteiger partial charge in [-0.2, -0.15) is 0 Å². The van der Waals surface area contributed by atoms with E-state index in [2.05, 4.69) is 10.1 Å². The number of ether oxygens (including phenoxy) is 1. The van der Waals surface area contributed by atoms with Crippen LogP contribution in [0.25, 0.3) is 5.57 Å². The monoisotopic (exact) mass is 422 g/mol. The van der Waals surface area contributed by atoms with E-state index in [0.717, 1.165) is 10.5 Å². The van der Waals surface area contributed by atoms with E-state index < -0.39 is 35.6 Å². The largest absolute Gasteiger partial charge is 0.523 e. The van der Waals surface area contributed by atoms with Crippen LogP contribution in [0.2, 0.25) is 0 Å². The summed E-state index contributed by atoms with van der Waals surface area (Å²) in [7, 11) is 1.40. The summed E-state index contributed by atoms with van der Waals surface area (Å²) in [5.41, 5.74) is -0.756. The molecule has 0 spiro atoms. The maximum absolute atomic E-state index is 13.3. The summed E-state index contributed by atoms with van der Waals surface area (Å²) in [4.78, 5) is 25.4. The van der Waals surface area contributed by atoms with Crippen molar-refractivity contribution in [2.75, 3.05) is 13.6 Å². The van der Waals surface area contributed by atoms with E-state index in [9.17, 15) is 27.9 Å². The van der Waals surface area contributed by atoms with Crippen LogP contribution in [-0.2, 0) is 14.3 Å². The van der Waals surface area contributed by atoms with Gasteiger partial charge in [0.1, 0.15) is 5.60 Å². The summed E-state index contributed by atoms with van der Waals surface area (Å²) in [6.45, 7) is 1.25. The number of alkyl halides is 3. The number of aliphatic hydroxyl groups is 1. The number of amides is 2. The predicted molar refractivity (Wildman–Crippen MR) is 103 cm³/mol. The zero-order valence-electron chi connectivity index (χ0n) is 16.4. The number of carbonyl (C=O) groups excluding carboxylic acids is 2. The van der Waals surface area contributed by atoms with Gasteiger partial charge < -0.3 is 15.3 Å². The average molecular weight is 422 g/mol. The lowest BCUT2D eigenvalue weighted by atomic mass is 9.81. The molecule has 2 atom stereocenters. The lowest BCUT2D eigenvalue weighted by Gasteiger charge is -2.39. The number of benzene rings is 1. The molecular weight excluding hydrogens is 401 g/mol. The minimum Gasteiger partial charge on any atom is -0.503 e. The Bertz CT molecular complexity index is 937. The molecule has 2 amide bonds. The van der Waals surface area contributed by atoms with Gasteiger partial charge in [-0.15, -0.1) is 13.2 Å². The fraction of sp³-hybridized carbons (Fsp3) is 0.333. The van der Waals surface area contributed by atoms with Crippen molar-refractivity contribution >= 4 is 17.4 Å². The number of carbonyl (C=O) groups is 2. The highest BCUT2D eigenvalue weighted by Gasteiger charge is 2.48. The molecule has 0 aromatic heterocycles. The SMILES string of the molecule is C[C@@H](NC(=O)C1=C(O)C(=O)N(C)C1)C1(OC(F)(F)F)C=CC=C(c2ccccc2)C1. The first kappa shape index (κ1) is 21.6. The molecule has 1 aromatic carbocycles. The molecule has 6 nitrogen and oxygen atoms in total. The van der Waals surface area contributed by atoms with Crippen LogP contribution in [0.15, 0.2) is 59.9 Å². The summed E-state index contributed by atoms with van der Waals surface area (Å²) < 4.78 is 44.4. The second-order valence-electron chi connectivity index (χ2n) is 7.28. The van der Waals surface area contributed by atoms with E-state index in [-0.39, 0.29) is 18.5 Å². The van der Waals surface area contributed by atoms with Crippen LogP contribution in [-0.4, -0.2) is 53.4 Å². The molecule has 0 saturated heterocycles. The summed E-state index contributed by atoms with van der Waals surface area (Å²) in [5.74, 6) is -2.26. The molecule has 30 heavy (non-hydrogen) atoms. The predicted octanol–water partition coefficient (Wildman–Crippen LogP) is 3.09. The van der Waals surface area contributed by atoms with Crippen molar-refractivity contribution in [1.82, 2.24) is 10.2 Å². The van der Waals surface area contributed by atoms with Gasteiger partial charge in [0.25, 0.3) is 11.8 Å². The Hall–Kier alpha value is -3.07. The van der Waals surface area contributed by atoms with Crippen molar-refractivity contribution in [3.8, 4) is 0 Å². The standard InChI is InChI=1S/C21H21F3N2O4/c1-13(25-18(28)16-12-26(2)19(29)17(16)27)20(30-21(22,23)24)10-6-9-15(11-20)14-7-4-3-5-8-14/h3-10,13,27H,11-12H2,1-2H3,(H,25,28)/t13-,20?/m1/s1. The zero-order valence-corrected chi connectivity index (χ0v) is 16.4. The van der Waals surface area contributed by atoms with Gasteiger partial charge in [0.05, 0.1) is 18.2 Å². The van der Waals surface area contributed by atoms with Crippen molar-refractivity contribution in [3.05, 3.63) is 65.5 Å². The molecule has 2 N–H and O–H groups in total. The third-order valence-corrected chi connectivity index (χ3v) is 5.18. The number of hydrogen-bond donors (Lipinski definition) is 2. The fourth-order valence-electron chi connectivity index (χ4n) is 3.54. The van der Waals surface area contributed by atoms with Gasteiger partial charge in [-0.3, -0.25) is 14.3 Å². The molecule has 1 aliphatic heterocycles. The first-order valence-corrected chi connectivity index (χ1v) is 9.21. The number of rotatable bonds is 5. The van der Waals surface area contributed by atoms with Crippen molar-refractivity contribution in [2.24, 2.45) is 0 Å². The third-order valence-electron chi connectivity index (χ3n) is 5.18. The van der Waals surface area contributed by atoms with Crippen molar-refractivity contribution in [1.29, 1.82) is 0 Å². The Balaban J connectivity index is 1.87. The fourth-order valence-corrected chi connectivity index (χ4v) is 3.54. The van der Waals surface area contributed by atoms with E-state index >= 15 is 0 Å². The molecule has 2 aliphatic rings. The highest BCUT2D eigenvalue weighted by Crippen LogP contribution is 2.39. The van der Waals surface area contributed by atoms with Gasteiger partial charge in [-0.1, -0.05) is 48.6 Å². The molecule has 0 radical (unpaired) electrons. The number of nitrogens with one attached hydrogen (secondary N) is 1. The topological polar surface area (TPSA) is 78.9 Å². The first-order chi connectivity index (χ1) is 14.0. The van der Waals surface area contributed by atoms with Gasteiger partial charge in [0.2, 0.25) is 0 Å². The molecule has 3 rings (SSSR count). The lowest BCUT2D eigenvalue weighted by Crippen LogP contribution is -2.54. The van der Waals surface area contributed by atoms with Crippen LogP contribution in [0.3, 0.4) is 0 Å². The smallest absolute Gasteiger partial charge is 0.503 e. The number of allylic oxidation sites excluding steroid dienone is 2. The van der Waals surface area contributed by atoms with Crippen LogP contribution in [0.5, 0.6) is 0 Å². The van der Waals surface area contributed by atoms with E-state index in [1.807, 2.05) is 0 Å². The van der Waals surface area contributed by atoms with Crippen LogP contribution in [0.4, 0.5) is 13.2 Å². The Morgan fingerprint density at radius 2 is 1.97 bits per heavy atom. The normalized spacial score (nSPS) is 22.9.